The van der Waals surface area contributed by atoms with Crippen molar-refractivity contribution in [1.82, 2.24) is 9.55 Å². The van der Waals surface area contributed by atoms with Gasteiger partial charge in [-0.15, -0.1) is 11.3 Å². The Bertz CT molecular complexity index is 1710. The zero-order valence-electron chi connectivity index (χ0n) is 19.9. The van der Waals surface area contributed by atoms with E-state index < -0.39 is 9.85 Å². The van der Waals surface area contributed by atoms with Gasteiger partial charge in [0, 0.05) is 35.8 Å². The molecule has 0 atom stereocenters. The number of rotatable bonds is 8. The maximum Gasteiger partial charge on any atom is 0.310 e. The van der Waals surface area contributed by atoms with Crippen molar-refractivity contribution in [3.63, 3.8) is 0 Å². The molecule has 0 spiro atoms. The first-order valence-electron chi connectivity index (χ1n) is 11.5. The number of thiazole rings is 1. The number of para-hydroxylation sites is 1. The average Bonchev–Trinajstić information content (AvgIpc) is 3.43. The van der Waals surface area contributed by atoms with Crippen LogP contribution >= 0.6 is 22.9 Å². The molecule has 0 aliphatic rings. The van der Waals surface area contributed by atoms with Gasteiger partial charge in [0.15, 0.2) is 4.47 Å². The number of non-ortho nitro benzene ring substituents is 2. The van der Waals surface area contributed by atoms with Crippen molar-refractivity contribution in [2.24, 2.45) is 0 Å². The summed E-state index contributed by atoms with van der Waals surface area (Å²) in [5.74, 6) is -0.363. The molecule has 0 saturated heterocycles. The van der Waals surface area contributed by atoms with Crippen LogP contribution in [0, 0.1) is 20.2 Å². The number of halogens is 1. The van der Waals surface area contributed by atoms with Gasteiger partial charge < -0.3 is 9.30 Å². The minimum Gasteiger partial charge on any atom is -0.466 e. The number of aromatic nitrogens is 2. The Kier molecular flexibility index (Phi) is 6.79. The first-order valence-corrected chi connectivity index (χ1v) is 12.7. The number of nitrogens with zero attached hydrogens (tertiary/aromatic N) is 4. The molecule has 38 heavy (non-hydrogen) atoms. The van der Waals surface area contributed by atoms with Crippen molar-refractivity contribution in [2.45, 2.75) is 19.9 Å². The summed E-state index contributed by atoms with van der Waals surface area (Å²) in [5, 5.41) is 23.6. The second kappa shape index (κ2) is 10.2. The lowest BCUT2D eigenvalue weighted by Crippen LogP contribution is -2.07. The Balaban J connectivity index is 1.66. The van der Waals surface area contributed by atoms with Gasteiger partial charge in [-0.1, -0.05) is 35.9 Å². The highest BCUT2D eigenvalue weighted by atomic mass is 35.5. The van der Waals surface area contributed by atoms with Gasteiger partial charge in [-0.3, -0.25) is 25.0 Å². The molecule has 2 aromatic heterocycles. The molecule has 0 fully saturated rings. The van der Waals surface area contributed by atoms with Crippen molar-refractivity contribution < 1.29 is 19.4 Å². The summed E-state index contributed by atoms with van der Waals surface area (Å²) < 4.78 is 8.48. The molecule has 0 aliphatic carbocycles. The van der Waals surface area contributed by atoms with Gasteiger partial charge in [0.1, 0.15) is 0 Å². The lowest BCUT2D eigenvalue weighted by Gasteiger charge is -2.08. The zero-order valence-corrected chi connectivity index (χ0v) is 21.5. The molecule has 0 saturated carbocycles. The SMILES string of the molecule is CCOC(=O)Cc1cn(Cc2cccc3sc(Cl)nc23)c2cc(-c3cc([N+](=O)[O-])cc([N+](=O)[O-])c3)ccc12. The summed E-state index contributed by atoms with van der Waals surface area (Å²) in [7, 11) is 0. The van der Waals surface area contributed by atoms with Gasteiger partial charge in [-0.05, 0) is 41.3 Å². The number of nitro groups is 2. The summed E-state index contributed by atoms with van der Waals surface area (Å²) in [6, 6.07) is 14.7. The van der Waals surface area contributed by atoms with Crippen LogP contribution in [0.3, 0.4) is 0 Å². The van der Waals surface area contributed by atoms with Crippen molar-refractivity contribution >= 4 is 61.4 Å². The normalized spacial score (nSPS) is 11.2. The molecule has 2 heterocycles. The number of hydrogen-bond donors (Lipinski definition) is 0. The molecule has 0 radical (unpaired) electrons. The fourth-order valence-corrected chi connectivity index (χ4v) is 5.52. The summed E-state index contributed by atoms with van der Waals surface area (Å²) in [5.41, 5.74) is 3.33. The molecule has 0 amide bonds. The molecule has 0 N–H and O–H groups in total. The molecule has 12 heteroatoms. The van der Waals surface area contributed by atoms with Crippen LogP contribution in [0.15, 0.2) is 60.8 Å². The number of benzene rings is 3. The van der Waals surface area contributed by atoms with E-state index in [2.05, 4.69) is 4.98 Å². The van der Waals surface area contributed by atoms with Crippen molar-refractivity contribution in [3.05, 3.63) is 96.6 Å². The molecule has 0 unspecified atom stereocenters. The Labute approximate surface area is 224 Å². The fraction of sp³-hybridized carbons (Fsp3) is 0.154. The highest BCUT2D eigenvalue weighted by molar-refractivity contribution is 7.22. The third-order valence-electron chi connectivity index (χ3n) is 6.08. The van der Waals surface area contributed by atoms with Gasteiger partial charge >= 0.3 is 5.97 Å². The number of esters is 1. The number of ether oxygens (including phenoxy) is 1. The van der Waals surface area contributed by atoms with E-state index in [-0.39, 0.29) is 30.4 Å². The lowest BCUT2D eigenvalue weighted by atomic mass is 10.0. The Morgan fingerprint density at radius 3 is 2.45 bits per heavy atom. The van der Waals surface area contributed by atoms with Crippen LogP contribution in [-0.2, 0) is 22.5 Å². The lowest BCUT2D eigenvalue weighted by molar-refractivity contribution is -0.394. The van der Waals surface area contributed by atoms with E-state index >= 15 is 0 Å². The first-order chi connectivity index (χ1) is 18.2. The summed E-state index contributed by atoms with van der Waals surface area (Å²) >= 11 is 7.54. The van der Waals surface area contributed by atoms with Crippen LogP contribution in [0.25, 0.3) is 32.2 Å². The van der Waals surface area contributed by atoms with Gasteiger partial charge in [-0.25, -0.2) is 4.98 Å². The molecule has 0 aliphatic heterocycles. The van der Waals surface area contributed by atoms with E-state index in [4.69, 9.17) is 16.3 Å². The number of hydrogen-bond acceptors (Lipinski definition) is 8. The standard InChI is InChI=1S/C26H19ClN4O6S/c1-2-37-24(32)11-18-14-29(13-16-4-3-5-23-25(16)28-26(27)38-23)22-10-15(6-7-21(18)22)17-8-19(30(33)34)12-20(9-17)31(35)36/h3-10,12,14H,2,11,13H2,1H3. The maximum absolute atomic E-state index is 12.3. The molecule has 5 aromatic rings. The predicted octanol–water partition coefficient (Wildman–Crippen LogP) is 6.54. The van der Waals surface area contributed by atoms with Gasteiger partial charge in [0.05, 0.1) is 39.2 Å². The highest BCUT2D eigenvalue weighted by Gasteiger charge is 2.19. The van der Waals surface area contributed by atoms with Crippen molar-refractivity contribution in [1.29, 1.82) is 0 Å². The van der Waals surface area contributed by atoms with Crippen LogP contribution in [0.1, 0.15) is 18.1 Å². The number of nitro benzene ring substituents is 2. The van der Waals surface area contributed by atoms with E-state index in [0.29, 0.717) is 22.1 Å². The third-order valence-corrected chi connectivity index (χ3v) is 7.20. The number of carbonyl (C=O) groups excluding carboxylic acids is 1. The molecule has 0 bridgehead atoms. The Morgan fingerprint density at radius 1 is 1.03 bits per heavy atom. The summed E-state index contributed by atoms with van der Waals surface area (Å²) in [4.78, 5) is 38.3. The van der Waals surface area contributed by atoms with Gasteiger partial charge in [0.2, 0.25) is 0 Å². The average molecular weight is 551 g/mol. The quantitative estimate of drug-likeness (QED) is 0.122. The minimum absolute atomic E-state index is 0.0612. The summed E-state index contributed by atoms with van der Waals surface area (Å²) in [6.07, 6.45) is 1.93. The molecule has 192 valence electrons. The molecular formula is C26H19ClN4O6S. The van der Waals surface area contributed by atoms with E-state index in [1.165, 1.54) is 23.5 Å². The fourth-order valence-electron chi connectivity index (χ4n) is 4.45. The van der Waals surface area contributed by atoms with Crippen LogP contribution in [0.2, 0.25) is 4.47 Å². The van der Waals surface area contributed by atoms with Gasteiger partial charge in [0.25, 0.3) is 11.4 Å². The molecular weight excluding hydrogens is 532 g/mol. The first kappa shape index (κ1) is 25.3. The monoisotopic (exact) mass is 550 g/mol. The van der Waals surface area contributed by atoms with Gasteiger partial charge in [-0.2, -0.15) is 0 Å². The predicted molar refractivity (Wildman–Crippen MR) is 145 cm³/mol. The largest absolute Gasteiger partial charge is 0.466 e. The van der Waals surface area contributed by atoms with E-state index in [9.17, 15) is 25.0 Å². The van der Waals surface area contributed by atoms with Crippen molar-refractivity contribution in [2.75, 3.05) is 6.61 Å². The Hall–Kier alpha value is -4.35. The van der Waals surface area contributed by atoms with Crippen molar-refractivity contribution in [3.8, 4) is 11.1 Å². The number of fused-ring (bicyclic) bond motifs is 2. The van der Waals surface area contributed by atoms with Crippen LogP contribution < -0.4 is 0 Å². The molecule has 10 nitrogen and oxygen atoms in total. The topological polar surface area (TPSA) is 130 Å². The number of carbonyl (C=O) groups is 1. The van der Waals surface area contributed by atoms with E-state index in [1.807, 2.05) is 29.0 Å². The van der Waals surface area contributed by atoms with Crippen LogP contribution in [0.5, 0.6) is 0 Å². The minimum atomic E-state index is -0.658. The second-order valence-electron chi connectivity index (χ2n) is 8.48. The van der Waals surface area contributed by atoms with E-state index in [0.717, 1.165) is 38.3 Å². The molecule has 5 rings (SSSR count). The van der Waals surface area contributed by atoms with Crippen LogP contribution in [0.4, 0.5) is 11.4 Å². The highest BCUT2D eigenvalue weighted by Crippen LogP contribution is 2.34. The van der Waals surface area contributed by atoms with E-state index in [1.54, 1.807) is 25.1 Å². The Morgan fingerprint density at radius 2 is 1.76 bits per heavy atom. The second-order valence-corrected chi connectivity index (χ2v) is 10.1. The van der Waals surface area contributed by atoms with Crippen LogP contribution in [-0.4, -0.2) is 32.0 Å². The maximum atomic E-state index is 12.3. The summed E-state index contributed by atoms with van der Waals surface area (Å²) in [6.45, 7) is 2.42. The smallest absolute Gasteiger partial charge is 0.310 e. The molecule has 3 aromatic carbocycles. The third kappa shape index (κ3) is 4.93. The zero-order chi connectivity index (χ0) is 27.0.